The summed E-state index contributed by atoms with van der Waals surface area (Å²) in [6.07, 6.45) is 0. The van der Waals surface area contributed by atoms with E-state index in [2.05, 4.69) is 215 Å². The molecular formula is C54H34N4. The van der Waals surface area contributed by atoms with Gasteiger partial charge in [-0.2, -0.15) is 0 Å². The molecule has 12 aromatic rings. The van der Waals surface area contributed by atoms with Gasteiger partial charge in [0.2, 0.25) is 0 Å². The average molecular weight is 739 g/mol. The number of nitrogens with zero attached hydrogens (tertiary/aromatic N) is 4. The summed E-state index contributed by atoms with van der Waals surface area (Å²) in [5, 5.41) is 9.60. The van der Waals surface area contributed by atoms with E-state index in [1.54, 1.807) is 0 Å². The molecule has 0 fully saturated rings. The summed E-state index contributed by atoms with van der Waals surface area (Å²) >= 11 is 0. The van der Waals surface area contributed by atoms with E-state index in [-0.39, 0.29) is 0 Å². The van der Waals surface area contributed by atoms with Crippen molar-refractivity contribution in [2.75, 3.05) is 0 Å². The largest absolute Gasteiger partial charge is 0.292 e. The molecule has 270 valence electrons. The van der Waals surface area contributed by atoms with Crippen LogP contribution in [-0.2, 0) is 0 Å². The highest BCUT2D eigenvalue weighted by atomic mass is 15.1. The molecule has 0 amide bonds. The van der Waals surface area contributed by atoms with E-state index in [0.717, 1.165) is 78.1 Å². The van der Waals surface area contributed by atoms with Crippen molar-refractivity contribution in [2.24, 2.45) is 0 Å². The molecule has 4 heteroatoms. The topological polar surface area (TPSA) is 35.6 Å². The molecule has 0 saturated heterocycles. The fourth-order valence-corrected chi connectivity index (χ4v) is 9.08. The van der Waals surface area contributed by atoms with Crippen molar-refractivity contribution < 1.29 is 0 Å². The highest BCUT2D eigenvalue weighted by molar-refractivity contribution is 6.25. The first kappa shape index (κ1) is 32.4. The lowest BCUT2D eigenvalue weighted by molar-refractivity contribution is 1.11. The van der Waals surface area contributed by atoms with Crippen LogP contribution < -0.4 is 0 Å². The predicted octanol–water partition coefficient (Wildman–Crippen LogP) is 14.0. The van der Waals surface area contributed by atoms with Gasteiger partial charge in [-0.15, -0.1) is 0 Å². The third-order valence-electron chi connectivity index (χ3n) is 11.7. The summed E-state index contributed by atoms with van der Waals surface area (Å²) in [6, 6.07) is 73.5. The van der Waals surface area contributed by atoms with Crippen molar-refractivity contribution in [3.8, 4) is 45.3 Å². The molecule has 0 atom stereocenters. The van der Waals surface area contributed by atoms with Crippen molar-refractivity contribution >= 4 is 65.2 Å². The van der Waals surface area contributed by atoms with Crippen LogP contribution in [0.15, 0.2) is 206 Å². The van der Waals surface area contributed by atoms with E-state index < -0.39 is 0 Å². The first-order valence-corrected chi connectivity index (χ1v) is 19.8. The fourth-order valence-electron chi connectivity index (χ4n) is 9.08. The van der Waals surface area contributed by atoms with Crippen LogP contribution in [0.25, 0.3) is 110 Å². The summed E-state index contributed by atoms with van der Waals surface area (Å²) in [5.74, 6) is 1.84. The molecule has 0 aliphatic carbocycles. The third kappa shape index (κ3) is 4.88. The lowest BCUT2D eigenvalue weighted by atomic mass is 10.00. The molecule has 2 heterocycles. The Hall–Kier alpha value is -7.82. The van der Waals surface area contributed by atoms with Crippen LogP contribution in [0, 0.1) is 0 Å². The normalized spacial score (nSPS) is 11.8. The van der Waals surface area contributed by atoms with Crippen LogP contribution in [-0.4, -0.2) is 19.1 Å². The van der Waals surface area contributed by atoms with Gasteiger partial charge in [0.25, 0.3) is 0 Å². The molecule has 10 aromatic carbocycles. The van der Waals surface area contributed by atoms with Gasteiger partial charge in [-0.3, -0.25) is 9.13 Å². The van der Waals surface area contributed by atoms with Gasteiger partial charge in [-0.05, 0) is 56.9 Å². The molecule has 2 aromatic heterocycles. The Balaban J connectivity index is 0.989. The number of hydrogen-bond acceptors (Lipinski definition) is 2. The molecule has 58 heavy (non-hydrogen) atoms. The fraction of sp³-hybridized carbons (Fsp3) is 0. The van der Waals surface area contributed by atoms with Gasteiger partial charge in [0.15, 0.2) is 0 Å². The van der Waals surface area contributed by atoms with Gasteiger partial charge in [-0.1, -0.05) is 182 Å². The Bertz CT molecular complexity index is 3290. The molecule has 0 spiro atoms. The Kier molecular flexibility index (Phi) is 7.20. The van der Waals surface area contributed by atoms with Gasteiger partial charge < -0.3 is 0 Å². The van der Waals surface area contributed by atoms with Gasteiger partial charge in [0.05, 0.1) is 22.1 Å². The van der Waals surface area contributed by atoms with Crippen LogP contribution >= 0.6 is 0 Å². The lowest BCUT2D eigenvalue weighted by Crippen LogP contribution is -1.98. The summed E-state index contributed by atoms with van der Waals surface area (Å²) in [6.45, 7) is 0. The zero-order chi connectivity index (χ0) is 38.2. The van der Waals surface area contributed by atoms with E-state index in [0.29, 0.717) is 0 Å². The molecular weight excluding hydrogens is 705 g/mol. The SMILES string of the molecule is c1ccc(-n2c(-c3ccc(-c4ccc(-c5nc6c7ccccc7c7ccccc7c6n5-c5ccccc5)cc4)cc3)nc3c4ccccc4c4ccccc4c32)cc1. The maximum Gasteiger partial charge on any atom is 0.145 e. The average Bonchev–Trinajstić information content (AvgIpc) is 3.92. The van der Waals surface area contributed by atoms with E-state index in [1.165, 1.54) is 32.3 Å². The number of imidazole rings is 2. The lowest BCUT2D eigenvalue weighted by Gasteiger charge is -2.13. The van der Waals surface area contributed by atoms with Crippen LogP contribution in [0.2, 0.25) is 0 Å². The number of para-hydroxylation sites is 2. The van der Waals surface area contributed by atoms with Crippen molar-refractivity contribution in [3.05, 3.63) is 206 Å². The zero-order valence-corrected chi connectivity index (χ0v) is 31.4. The standard InChI is InChI=1S/C54H34N4/c1-3-15-39(16-4-1)57-51-47-25-13-9-21-43(47)41-19-7-11-23-45(41)49(51)55-53(57)37-31-27-35(28-32-37)36-29-33-38(34-30-36)54-56-50-46-24-12-8-20-42(46)44-22-10-14-26-48(44)52(50)58(54)40-17-5-2-6-18-40/h1-34H. The van der Waals surface area contributed by atoms with Crippen LogP contribution in [0.4, 0.5) is 0 Å². The van der Waals surface area contributed by atoms with E-state index in [9.17, 15) is 0 Å². The molecule has 4 nitrogen and oxygen atoms in total. The molecule has 0 aliphatic rings. The Morgan fingerprint density at radius 3 is 0.879 bits per heavy atom. The molecule has 0 N–H and O–H groups in total. The number of benzene rings is 10. The summed E-state index contributed by atoms with van der Waals surface area (Å²) < 4.78 is 4.66. The number of aromatic nitrogens is 4. The smallest absolute Gasteiger partial charge is 0.145 e. The minimum absolute atomic E-state index is 0.921. The second-order valence-electron chi connectivity index (χ2n) is 14.9. The molecule has 12 rings (SSSR count). The van der Waals surface area contributed by atoms with Gasteiger partial charge in [0, 0.05) is 44.0 Å². The van der Waals surface area contributed by atoms with E-state index in [4.69, 9.17) is 9.97 Å². The van der Waals surface area contributed by atoms with Crippen LogP contribution in [0.3, 0.4) is 0 Å². The van der Waals surface area contributed by atoms with Gasteiger partial charge >= 0.3 is 0 Å². The molecule has 0 saturated carbocycles. The summed E-state index contributed by atoms with van der Waals surface area (Å²) in [4.78, 5) is 10.9. The van der Waals surface area contributed by atoms with Crippen molar-refractivity contribution in [2.45, 2.75) is 0 Å². The second-order valence-corrected chi connectivity index (χ2v) is 14.9. The Morgan fingerprint density at radius 1 is 0.241 bits per heavy atom. The summed E-state index contributed by atoms with van der Waals surface area (Å²) in [5.41, 5.74) is 10.8. The Morgan fingerprint density at radius 2 is 0.517 bits per heavy atom. The monoisotopic (exact) mass is 738 g/mol. The molecule has 0 unspecified atom stereocenters. The highest BCUT2D eigenvalue weighted by Gasteiger charge is 2.22. The number of hydrogen-bond donors (Lipinski definition) is 0. The minimum atomic E-state index is 0.921. The van der Waals surface area contributed by atoms with E-state index >= 15 is 0 Å². The third-order valence-corrected chi connectivity index (χ3v) is 11.7. The van der Waals surface area contributed by atoms with Crippen molar-refractivity contribution in [3.63, 3.8) is 0 Å². The maximum atomic E-state index is 5.43. The van der Waals surface area contributed by atoms with Gasteiger partial charge in [-0.25, -0.2) is 9.97 Å². The molecule has 0 bridgehead atoms. The maximum absolute atomic E-state index is 5.43. The van der Waals surface area contributed by atoms with Crippen molar-refractivity contribution in [1.82, 2.24) is 19.1 Å². The second kappa shape index (κ2) is 12.9. The van der Waals surface area contributed by atoms with Crippen LogP contribution in [0.5, 0.6) is 0 Å². The quantitative estimate of drug-likeness (QED) is 0.165. The zero-order valence-electron chi connectivity index (χ0n) is 31.4. The van der Waals surface area contributed by atoms with Gasteiger partial charge in [0.1, 0.15) is 11.6 Å². The van der Waals surface area contributed by atoms with Crippen molar-refractivity contribution in [1.29, 1.82) is 0 Å². The first-order chi connectivity index (χ1) is 28.8. The number of rotatable bonds is 5. The van der Waals surface area contributed by atoms with Crippen LogP contribution in [0.1, 0.15) is 0 Å². The Labute approximate surface area is 334 Å². The minimum Gasteiger partial charge on any atom is -0.292 e. The predicted molar refractivity (Wildman–Crippen MR) is 242 cm³/mol. The highest BCUT2D eigenvalue weighted by Crippen LogP contribution is 2.41. The number of fused-ring (bicyclic) bond motifs is 12. The molecule has 0 aliphatic heterocycles. The summed E-state index contributed by atoms with van der Waals surface area (Å²) in [7, 11) is 0. The molecule has 0 radical (unpaired) electrons. The first-order valence-electron chi connectivity index (χ1n) is 19.8. The van der Waals surface area contributed by atoms with E-state index in [1.807, 2.05) is 0 Å².